The van der Waals surface area contributed by atoms with E-state index in [0.29, 0.717) is 12.8 Å². The molecule has 0 radical (unpaired) electrons. The summed E-state index contributed by atoms with van der Waals surface area (Å²) in [5.41, 5.74) is 0. The van der Waals surface area contributed by atoms with E-state index in [1.165, 1.54) is 0 Å². The maximum Gasteiger partial charge on any atom is 0.326 e. The lowest BCUT2D eigenvalue weighted by Crippen LogP contribution is -2.46. The topological polar surface area (TPSA) is 116 Å². The first-order chi connectivity index (χ1) is 8.50. The molecule has 0 spiro atoms. The third kappa shape index (κ3) is 4.70. The molecular formula is C11H18N2O5. The van der Waals surface area contributed by atoms with E-state index in [-0.39, 0.29) is 24.7 Å². The first-order valence-electron chi connectivity index (χ1n) is 5.96. The Morgan fingerprint density at radius 2 is 1.83 bits per heavy atom. The third-order valence-corrected chi connectivity index (χ3v) is 2.97. The van der Waals surface area contributed by atoms with Crippen LogP contribution in [-0.4, -0.2) is 47.2 Å². The summed E-state index contributed by atoms with van der Waals surface area (Å²) in [4.78, 5) is 33.1. The molecule has 0 aromatic rings. The van der Waals surface area contributed by atoms with Crippen molar-refractivity contribution in [2.75, 3.05) is 13.1 Å². The Kier molecular flexibility index (Phi) is 5.57. The number of carbonyl (C=O) groups is 3. The second-order valence-electron chi connectivity index (χ2n) is 4.36. The second kappa shape index (κ2) is 6.95. The van der Waals surface area contributed by atoms with Crippen LogP contribution in [0.25, 0.3) is 0 Å². The van der Waals surface area contributed by atoms with Crippen molar-refractivity contribution in [1.29, 1.82) is 0 Å². The van der Waals surface area contributed by atoms with Gasteiger partial charge in [-0.1, -0.05) is 0 Å². The minimum Gasteiger partial charge on any atom is -0.481 e. The fourth-order valence-corrected chi connectivity index (χ4v) is 1.90. The summed E-state index contributed by atoms with van der Waals surface area (Å²) in [5, 5.41) is 23.0. The quantitative estimate of drug-likeness (QED) is 0.506. The summed E-state index contributed by atoms with van der Waals surface area (Å²) in [5.74, 6) is -2.75. The lowest BCUT2D eigenvalue weighted by atomic mass is 9.96. The average molecular weight is 258 g/mol. The van der Waals surface area contributed by atoms with Crippen molar-refractivity contribution in [2.24, 2.45) is 5.92 Å². The molecule has 4 N–H and O–H groups in total. The average Bonchev–Trinajstić information content (AvgIpc) is 2.34. The number of carbonyl (C=O) groups excluding carboxylic acids is 1. The summed E-state index contributed by atoms with van der Waals surface area (Å²) in [6.45, 7) is 1.48. The van der Waals surface area contributed by atoms with Gasteiger partial charge in [-0.2, -0.15) is 0 Å². The molecule has 1 amide bonds. The molecule has 7 nitrogen and oxygen atoms in total. The van der Waals surface area contributed by atoms with Gasteiger partial charge in [0.15, 0.2) is 0 Å². The van der Waals surface area contributed by atoms with Crippen LogP contribution < -0.4 is 10.6 Å². The molecule has 0 saturated carbocycles. The molecule has 1 rings (SSSR count). The van der Waals surface area contributed by atoms with E-state index in [0.717, 1.165) is 13.1 Å². The molecule has 1 saturated heterocycles. The summed E-state index contributed by atoms with van der Waals surface area (Å²) < 4.78 is 0. The van der Waals surface area contributed by atoms with E-state index in [1.807, 2.05) is 0 Å². The van der Waals surface area contributed by atoms with Gasteiger partial charge in [-0.15, -0.1) is 0 Å². The van der Waals surface area contributed by atoms with Crippen molar-refractivity contribution in [2.45, 2.75) is 31.7 Å². The summed E-state index contributed by atoms with van der Waals surface area (Å²) in [7, 11) is 0. The van der Waals surface area contributed by atoms with Gasteiger partial charge in [0.1, 0.15) is 6.04 Å². The molecular weight excluding hydrogens is 240 g/mol. The Hall–Kier alpha value is -1.63. The van der Waals surface area contributed by atoms with Crippen molar-refractivity contribution in [3.05, 3.63) is 0 Å². The van der Waals surface area contributed by atoms with Crippen LogP contribution in [0.1, 0.15) is 25.7 Å². The molecule has 1 aliphatic heterocycles. The van der Waals surface area contributed by atoms with E-state index < -0.39 is 18.0 Å². The summed E-state index contributed by atoms with van der Waals surface area (Å²) in [6.07, 6.45) is 0.985. The van der Waals surface area contributed by atoms with Crippen molar-refractivity contribution < 1.29 is 24.6 Å². The number of aliphatic carboxylic acids is 2. The molecule has 0 aromatic carbocycles. The first kappa shape index (κ1) is 14.4. The number of nitrogens with one attached hydrogen (secondary N) is 2. The largest absolute Gasteiger partial charge is 0.481 e. The van der Waals surface area contributed by atoms with Gasteiger partial charge in [0.25, 0.3) is 0 Å². The zero-order chi connectivity index (χ0) is 13.5. The van der Waals surface area contributed by atoms with E-state index in [1.54, 1.807) is 0 Å². The molecule has 0 aliphatic carbocycles. The second-order valence-corrected chi connectivity index (χ2v) is 4.36. The van der Waals surface area contributed by atoms with E-state index in [4.69, 9.17) is 10.2 Å². The van der Waals surface area contributed by atoms with E-state index >= 15 is 0 Å². The Morgan fingerprint density at radius 3 is 2.33 bits per heavy atom. The van der Waals surface area contributed by atoms with Crippen molar-refractivity contribution in [1.82, 2.24) is 10.6 Å². The summed E-state index contributed by atoms with van der Waals surface area (Å²) >= 11 is 0. The summed E-state index contributed by atoms with van der Waals surface area (Å²) in [6, 6.07) is -1.12. The monoisotopic (exact) mass is 258 g/mol. The van der Waals surface area contributed by atoms with Crippen LogP contribution in [0.5, 0.6) is 0 Å². The maximum atomic E-state index is 11.8. The van der Waals surface area contributed by atoms with Crippen LogP contribution in [0.2, 0.25) is 0 Å². The number of hydrogen-bond donors (Lipinski definition) is 4. The predicted molar refractivity (Wildman–Crippen MR) is 62.0 cm³/mol. The minimum absolute atomic E-state index is 0.0959. The molecule has 0 bridgehead atoms. The molecule has 7 heteroatoms. The molecule has 1 unspecified atom stereocenters. The molecule has 1 aliphatic rings. The zero-order valence-electron chi connectivity index (χ0n) is 10.0. The lowest BCUT2D eigenvalue weighted by molar-refractivity contribution is -0.143. The lowest BCUT2D eigenvalue weighted by Gasteiger charge is -2.23. The highest BCUT2D eigenvalue weighted by Gasteiger charge is 2.26. The van der Waals surface area contributed by atoms with Crippen LogP contribution in [0, 0.1) is 5.92 Å². The fourth-order valence-electron chi connectivity index (χ4n) is 1.90. The number of piperidine rings is 1. The van der Waals surface area contributed by atoms with Gasteiger partial charge in [-0.05, 0) is 32.4 Å². The third-order valence-electron chi connectivity index (χ3n) is 2.97. The highest BCUT2D eigenvalue weighted by molar-refractivity contribution is 5.85. The van der Waals surface area contributed by atoms with Crippen LogP contribution in [-0.2, 0) is 14.4 Å². The molecule has 1 fully saturated rings. The van der Waals surface area contributed by atoms with Crippen molar-refractivity contribution >= 4 is 17.8 Å². The van der Waals surface area contributed by atoms with Crippen LogP contribution in [0.3, 0.4) is 0 Å². The predicted octanol–water partition coefficient (Wildman–Crippen LogP) is -0.580. The molecule has 0 aromatic heterocycles. The van der Waals surface area contributed by atoms with Gasteiger partial charge < -0.3 is 20.8 Å². The standard InChI is InChI=1S/C11H18N2O5/c14-9(15)2-1-8(11(17)18)13-10(16)7-3-5-12-6-4-7/h7-8,12H,1-6H2,(H,13,16)(H,14,15)(H,17,18). The number of rotatable bonds is 6. The number of carboxylic acids is 2. The number of hydrogen-bond acceptors (Lipinski definition) is 4. The molecule has 18 heavy (non-hydrogen) atoms. The Balaban J connectivity index is 2.46. The number of carboxylic acid groups (broad SMARTS) is 2. The van der Waals surface area contributed by atoms with E-state index in [9.17, 15) is 14.4 Å². The smallest absolute Gasteiger partial charge is 0.326 e. The van der Waals surface area contributed by atoms with Crippen molar-refractivity contribution in [3.63, 3.8) is 0 Å². The van der Waals surface area contributed by atoms with Crippen molar-refractivity contribution in [3.8, 4) is 0 Å². The minimum atomic E-state index is -1.20. The highest BCUT2D eigenvalue weighted by Crippen LogP contribution is 2.12. The Labute approximate surface area is 105 Å². The van der Waals surface area contributed by atoms with Gasteiger partial charge in [0.05, 0.1) is 0 Å². The van der Waals surface area contributed by atoms with Gasteiger partial charge in [-0.25, -0.2) is 4.79 Å². The maximum absolute atomic E-state index is 11.8. The zero-order valence-corrected chi connectivity index (χ0v) is 10.0. The van der Waals surface area contributed by atoms with Crippen LogP contribution >= 0.6 is 0 Å². The SMILES string of the molecule is O=C(O)CCC(NC(=O)C1CCNCC1)C(=O)O. The Morgan fingerprint density at radius 1 is 1.22 bits per heavy atom. The molecule has 102 valence electrons. The Bertz CT molecular complexity index is 325. The van der Waals surface area contributed by atoms with E-state index in [2.05, 4.69) is 10.6 Å². The van der Waals surface area contributed by atoms with Gasteiger partial charge in [0.2, 0.25) is 5.91 Å². The highest BCUT2D eigenvalue weighted by atomic mass is 16.4. The molecule has 1 atom stereocenters. The van der Waals surface area contributed by atoms with Crippen LogP contribution in [0.4, 0.5) is 0 Å². The number of amides is 1. The van der Waals surface area contributed by atoms with Crippen LogP contribution in [0.15, 0.2) is 0 Å². The fraction of sp³-hybridized carbons (Fsp3) is 0.727. The first-order valence-corrected chi connectivity index (χ1v) is 5.96. The van der Waals surface area contributed by atoms with Gasteiger partial charge in [0, 0.05) is 12.3 Å². The van der Waals surface area contributed by atoms with Gasteiger partial charge in [-0.3, -0.25) is 9.59 Å². The normalized spacial score (nSPS) is 18.0. The van der Waals surface area contributed by atoms with Gasteiger partial charge >= 0.3 is 11.9 Å². The molecule has 1 heterocycles.